The maximum absolute atomic E-state index is 12.9. The fourth-order valence-corrected chi connectivity index (χ4v) is 4.17. The van der Waals surface area contributed by atoms with Crippen LogP contribution < -0.4 is 34.9 Å². The van der Waals surface area contributed by atoms with Crippen molar-refractivity contribution in [2.75, 3.05) is 26.7 Å². The van der Waals surface area contributed by atoms with E-state index >= 15 is 0 Å². The molecule has 3 rings (SSSR count). The number of carbonyl (C=O) groups excluding carboxylic acids is 2. The van der Waals surface area contributed by atoms with Crippen LogP contribution >= 0.6 is 0 Å². The predicted octanol–water partition coefficient (Wildman–Crippen LogP) is -3.82. The monoisotopic (exact) mass is 414 g/mol. The van der Waals surface area contributed by atoms with E-state index in [0.29, 0.717) is 24.4 Å². The van der Waals surface area contributed by atoms with Gasteiger partial charge in [-0.3, -0.25) is 9.63 Å². The third-order valence-electron chi connectivity index (χ3n) is 5.04. The fraction of sp³-hybridized carbons (Fsp3) is 0.857. The van der Waals surface area contributed by atoms with E-state index in [1.54, 1.807) is 0 Å². The van der Waals surface area contributed by atoms with Crippen molar-refractivity contribution < 1.29 is 61.2 Å². The van der Waals surface area contributed by atoms with Crippen molar-refractivity contribution in [3.8, 4) is 0 Å². The summed E-state index contributed by atoms with van der Waals surface area (Å²) in [5.74, 6) is -0.362. The first kappa shape index (κ1) is 22.8. The van der Waals surface area contributed by atoms with E-state index in [4.69, 9.17) is 4.84 Å². The molecule has 3 amide bonds. The van der Waals surface area contributed by atoms with Crippen molar-refractivity contribution in [2.45, 2.75) is 50.2 Å². The van der Waals surface area contributed by atoms with Crippen LogP contribution in [0.2, 0.25) is 0 Å². The molecule has 1 unspecified atom stereocenters. The van der Waals surface area contributed by atoms with Crippen molar-refractivity contribution in [1.29, 1.82) is 0 Å². The van der Waals surface area contributed by atoms with Gasteiger partial charge in [0.05, 0.1) is 19.7 Å². The van der Waals surface area contributed by atoms with E-state index in [9.17, 15) is 22.6 Å². The number of hydrogen-bond donors (Lipinski definition) is 1. The first-order valence-electron chi connectivity index (χ1n) is 8.64. The summed E-state index contributed by atoms with van der Waals surface area (Å²) in [5.41, 5.74) is 0. The Balaban J connectivity index is 0.00000261. The van der Waals surface area contributed by atoms with Gasteiger partial charge in [0.1, 0.15) is 6.04 Å². The summed E-state index contributed by atoms with van der Waals surface area (Å²) in [6, 6.07) is -2.00. The molecule has 0 aromatic heterocycles. The number of nitrogens with one attached hydrogen (secondary N) is 1. The van der Waals surface area contributed by atoms with Crippen molar-refractivity contribution >= 4 is 22.3 Å². The second-order valence-corrected chi connectivity index (χ2v) is 7.68. The van der Waals surface area contributed by atoms with E-state index < -0.39 is 28.5 Å². The quantitative estimate of drug-likeness (QED) is 0.203. The Bertz CT molecular complexity index is 658. The molecule has 0 spiro atoms. The third kappa shape index (κ3) is 5.32. The van der Waals surface area contributed by atoms with Gasteiger partial charge >= 0.3 is 35.6 Å². The zero-order valence-corrected chi connectivity index (χ0v) is 18.3. The Kier molecular flexibility index (Phi) is 7.90. The molecule has 3 heterocycles. The van der Waals surface area contributed by atoms with Crippen molar-refractivity contribution in [3.05, 3.63) is 0 Å². The predicted molar refractivity (Wildman–Crippen MR) is 85.9 cm³/mol. The van der Waals surface area contributed by atoms with Crippen LogP contribution in [0.15, 0.2) is 0 Å². The molecule has 0 radical (unpaired) electrons. The Hall–Kier alpha value is -0.470. The minimum Gasteiger partial charge on any atom is -0.724 e. The van der Waals surface area contributed by atoms with Gasteiger partial charge in [-0.1, -0.05) is 6.42 Å². The van der Waals surface area contributed by atoms with Gasteiger partial charge in [-0.25, -0.2) is 18.3 Å². The van der Waals surface area contributed by atoms with Crippen LogP contribution in [-0.4, -0.2) is 84.8 Å². The molecule has 3 atom stereocenters. The first-order chi connectivity index (χ1) is 12.3. The third-order valence-corrected chi connectivity index (χ3v) is 5.39. The van der Waals surface area contributed by atoms with Gasteiger partial charge in [-0.05, 0) is 32.2 Å². The fourth-order valence-electron chi connectivity index (χ4n) is 3.79. The first-order valence-corrected chi connectivity index (χ1v) is 9.97. The van der Waals surface area contributed by atoms with E-state index in [0.717, 1.165) is 25.8 Å². The van der Waals surface area contributed by atoms with Gasteiger partial charge in [-0.2, -0.15) is 9.35 Å². The number of nitrogens with zero attached hydrogens (tertiary/aromatic N) is 3. The van der Waals surface area contributed by atoms with E-state index in [2.05, 4.69) is 9.60 Å². The van der Waals surface area contributed by atoms with Gasteiger partial charge in [-0.15, -0.1) is 0 Å². The largest absolute Gasteiger partial charge is 1.00 e. The van der Waals surface area contributed by atoms with Crippen molar-refractivity contribution in [1.82, 2.24) is 20.3 Å². The number of piperidine rings is 2. The number of urea groups is 1. The molecule has 3 saturated heterocycles. The van der Waals surface area contributed by atoms with Crippen molar-refractivity contribution in [2.24, 2.45) is 0 Å². The molecule has 0 aliphatic carbocycles. The van der Waals surface area contributed by atoms with Crippen LogP contribution in [-0.2, 0) is 24.3 Å². The molecule has 3 aliphatic heterocycles. The SMILES string of the molecule is CON(CC1CCCCN1)C(=O)[C@@H]1CC[C@@H]2CN1C(=O)N2OS(=O)(=O)[O-].[Na+]. The maximum Gasteiger partial charge on any atom is 1.00 e. The number of fused-ring (bicyclic) bond motifs is 2. The summed E-state index contributed by atoms with van der Waals surface area (Å²) in [5, 5.41) is 5.14. The molecule has 3 aliphatic rings. The topological polar surface area (TPSA) is 132 Å². The molecule has 0 aromatic carbocycles. The molecule has 3 fully saturated rings. The molecule has 148 valence electrons. The van der Waals surface area contributed by atoms with Crippen LogP contribution in [0, 0.1) is 0 Å². The number of rotatable bonds is 6. The second kappa shape index (κ2) is 9.35. The normalized spacial score (nSPS) is 28.1. The number of amides is 3. The van der Waals surface area contributed by atoms with E-state index in [1.165, 1.54) is 17.1 Å². The minimum absolute atomic E-state index is 0. The number of carbonyl (C=O) groups is 2. The van der Waals surface area contributed by atoms with E-state index in [1.807, 2.05) is 0 Å². The molecule has 11 nitrogen and oxygen atoms in total. The summed E-state index contributed by atoms with van der Waals surface area (Å²) in [6.07, 6.45) is 3.81. The zero-order valence-electron chi connectivity index (χ0n) is 15.5. The molecule has 0 aromatic rings. The van der Waals surface area contributed by atoms with Crippen LogP contribution in [0.1, 0.15) is 32.1 Å². The summed E-state index contributed by atoms with van der Waals surface area (Å²) in [4.78, 5) is 31.7. The maximum atomic E-state index is 12.9. The molecule has 27 heavy (non-hydrogen) atoms. The van der Waals surface area contributed by atoms with Gasteiger partial charge in [0.15, 0.2) is 0 Å². The summed E-state index contributed by atoms with van der Waals surface area (Å²) in [6.45, 7) is 1.39. The summed E-state index contributed by atoms with van der Waals surface area (Å²) >= 11 is 0. The average molecular weight is 414 g/mol. The Morgan fingerprint density at radius 3 is 2.67 bits per heavy atom. The molecule has 13 heteroatoms. The average Bonchev–Trinajstić information content (AvgIpc) is 2.84. The van der Waals surface area contributed by atoms with Gasteiger partial charge in [0, 0.05) is 12.6 Å². The van der Waals surface area contributed by atoms with Gasteiger partial charge < -0.3 is 14.8 Å². The van der Waals surface area contributed by atoms with Crippen molar-refractivity contribution in [3.63, 3.8) is 0 Å². The molecule has 2 bridgehead atoms. The smallest absolute Gasteiger partial charge is 0.724 e. The van der Waals surface area contributed by atoms with Gasteiger partial charge in [0.2, 0.25) is 10.4 Å². The van der Waals surface area contributed by atoms with Crippen LogP contribution in [0.5, 0.6) is 0 Å². The van der Waals surface area contributed by atoms with Gasteiger partial charge in [0.25, 0.3) is 5.91 Å². The van der Waals surface area contributed by atoms with Crippen LogP contribution in [0.3, 0.4) is 0 Å². The Morgan fingerprint density at radius 2 is 2.07 bits per heavy atom. The second-order valence-electron chi connectivity index (χ2n) is 6.72. The Morgan fingerprint density at radius 1 is 1.33 bits per heavy atom. The minimum atomic E-state index is -5.06. The molecular formula is C14H23N4NaO7S. The van der Waals surface area contributed by atoms with Crippen LogP contribution in [0.4, 0.5) is 4.79 Å². The van der Waals surface area contributed by atoms with E-state index in [-0.39, 0.29) is 48.1 Å². The summed E-state index contributed by atoms with van der Waals surface area (Å²) < 4.78 is 36.7. The summed E-state index contributed by atoms with van der Waals surface area (Å²) in [7, 11) is -3.66. The molecule has 1 N–H and O–H groups in total. The molecular weight excluding hydrogens is 391 g/mol. The van der Waals surface area contributed by atoms with Crippen LogP contribution in [0.25, 0.3) is 0 Å². The standard InChI is InChI=1S/C14H24N4O7S.Na/c1-24-17(8-10-4-2-3-7-15-10)13(19)12-6-5-11-9-16(12)14(20)18(11)25-26(21,22)23;/h10-12,15H,2-9H2,1H3,(H,21,22,23);/q;+1/p-1/t10?,11-,12+;/m1./s1. The number of hydrogen-bond acceptors (Lipinski definition) is 8. The number of hydroxylamine groups is 4. The Labute approximate surface area is 180 Å². The zero-order chi connectivity index (χ0) is 18.9. The molecule has 0 saturated carbocycles.